The van der Waals surface area contributed by atoms with Gasteiger partial charge in [0, 0.05) is 25.0 Å². The number of nitrogens with one attached hydrogen (secondary N) is 1. The van der Waals surface area contributed by atoms with Crippen LogP contribution in [0.15, 0.2) is 18.3 Å². The molecule has 0 bridgehead atoms. The third kappa shape index (κ3) is 3.96. The van der Waals surface area contributed by atoms with Gasteiger partial charge < -0.3 is 10.1 Å². The quantitative estimate of drug-likeness (QED) is 0.796. The van der Waals surface area contributed by atoms with Gasteiger partial charge in [-0.05, 0) is 26.0 Å². The van der Waals surface area contributed by atoms with Crippen LogP contribution in [0.4, 0.5) is 5.69 Å². The van der Waals surface area contributed by atoms with Crippen molar-refractivity contribution in [1.82, 2.24) is 4.98 Å². The summed E-state index contributed by atoms with van der Waals surface area (Å²) in [6.45, 7) is 5.41. The number of nitriles is 1. The van der Waals surface area contributed by atoms with Crippen LogP contribution in [0.5, 0.6) is 0 Å². The number of hydrogen-bond donors (Lipinski definition) is 1. The fourth-order valence-corrected chi connectivity index (χ4v) is 1.21. The molecular formula is C11H15N3O. The first kappa shape index (κ1) is 11.5. The average molecular weight is 205 g/mol. The van der Waals surface area contributed by atoms with Crippen LogP contribution in [0.2, 0.25) is 0 Å². The van der Waals surface area contributed by atoms with Gasteiger partial charge in [-0.25, -0.2) is 4.98 Å². The van der Waals surface area contributed by atoms with Gasteiger partial charge in [-0.15, -0.1) is 0 Å². The molecule has 0 radical (unpaired) electrons. The molecule has 0 aliphatic rings. The molecule has 15 heavy (non-hydrogen) atoms. The predicted octanol–water partition coefficient (Wildman–Crippen LogP) is 1.79. The van der Waals surface area contributed by atoms with E-state index in [-0.39, 0.29) is 6.10 Å². The van der Waals surface area contributed by atoms with Crippen molar-refractivity contribution in [2.24, 2.45) is 0 Å². The second-order valence-corrected chi connectivity index (χ2v) is 3.19. The normalized spacial score (nSPS) is 11.8. The van der Waals surface area contributed by atoms with Crippen LogP contribution < -0.4 is 5.32 Å². The maximum absolute atomic E-state index is 8.66. The van der Waals surface area contributed by atoms with Gasteiger partial charge in [0.1, 0.15) is 11.8 Å². The van der Waals surface area contributed by atoms with Gasteiger partial charge in [-0.1, -0.05) is 0 Å². The van der Waals surface area contributed by atoms with E-state index < -0.39 is 0 Å². The van der Waals surface area contributed by atoms with Crippen molar-refractivity contribution in [1.29, 1.82) is 5.26 Å². The topological polar surface area (TPSA) is 57.9 Å². The lowest BCUT2D eigenvalue weighted by atomic mass is 10.3. The highest BCUT2D eigenvalue weighted by Crippen LogP contribution is 2.07. The van der Waals surface area contributed by atoms with E-state index in [4.69, 9.17) is 10.00 Å². The zero-order chi connectivity index (χ0) is 11.1. The number of anilines is 1. The Morgan fingerprint density at radius 2 is 2.47 bits per heavy atom. The highest BCUT2D eigenvalue weighted by molar-refractivity contribution is 5.45. The molecular weight excluding hydrogens is 190 g/mol. The molecule has 0 aromatic carbocycles. The van der Waals surface area contributed by atoms with Crippen LogP contribution in [0, 0.1) is 11.3 Å². The molecule has 0 saturated heterocycles. The monoisotopic (exact) mass is 205 g/mol. The lowest BCUT2D eigenvalue weighted by molar-refractivity contribution is 0.0855. The van der Waals surface area contributed by atoms with E-state index in [2.05, 4.69) is 10.3 Å². The highest BCUT2D eigenvalue weighted by atomic mass is 16.5. The van der Waals surface area contributed by atoms with Gasteiger partial charge in [0.05, 0.1) is 6.10 Å². The number of pyridine rings is 1. The molecule has 1 aromatic rings. The summed E-state index contributed by atoms with van der Waals surface area (Å²) in [5.74, 6) is 0. The molecule has 0 spiro atoms. The van der Waals surface area contributed by atoms with Crippen LogP contribution in [-0.2, 0) is 4.74 Å². The van der Waals surface area contributed by atoms with E-state index in [0.717, 1.165) is 12.2 Å². The van der Waals surface area contributed by atoms with E-state index in [1.165, 1.54) is 0 Å². The first-order valence-corrected chi connectivity index (χ1v) is 4.98. The summed E-state index contributed by atoms with van der Waals surface area (Å²) in [5, 5.41) is 11.8. The molecule has 4 nitrogen and oxygen atoms in total. The number of rotatable bonds is 5. The Kier molecular flexibility index (Phi) is 4.58. The average Bonchev–Trinajstić information content (AvgIpc) is 2.27. The highest BCUT2D eigenvalue weighted by Gasteiger charge is 2.01. The third-order valence-electron chi connectivity index (χ3n) is 1.92. The fraction of sp³-hybridized carbons (Fsp3) is 0.455. The van der Waals surface area contributed by atoms with Gasteiger partial charge in [-0.2, -0.15) is 5.26 Å². The second kappa shape index (κ2) is 5.99. The first-order valence-electron chi connectivity index (χ1n) is 4.98. The summed E-state index contributed by atoms with van der Waals surface area (Å²) in [7, 11) is 0. The second-order valence-electron chi connectivity index (χ2n) is 3.19. The Balaban J connectivity index is 2.47. The minimum Gasteiger partial charge on any atom is -0.382 e. The van der Waals surface area contributed by atoms with E-state index in [1.807, 2.05) is 26.0 Å². The van der Waals surface area contributed by atoms with Crippen LogP contribution >= 0.6 is 0 Å². The lowest BCUT2D eigenvalue weighted by Gasteiger charge is -2.13. The fourth-order valence-electron chi connectivity index (χ4n) is 1.21. The zero-order valence-corrected chi connectivity index (χ0v) is 9.03. The minimum absolute atomic E-state index is 0.161. The molecule has 1 atom stereocenters. The van der Waals surface area contributed by atoms with Crippen molar-refractivity contribution in [2.75, 3.05) is 18.5 Å². The van der Waals surface area contributed by atoms with Crippen molar-refractivity contribution in [3.8, 4) is 6.07 Å². The Bertz CT molecular complexity index is 346. The van der Waals surface area contributed by atoms with E-state index in [9.17, 15) is 0 Å². The van der Waals surface area contributed by atoms with Crippen LogP contribution in [-0.4, -0.2) is 24.2 Å². The van der Waals surface area contributed by atoms with Gasteiger partial charge in [0.15, 0.2) is 0 Å². The molecule has 1 heterocycles. The molecule has 0 aliphatic heterocycles. The van der Waals surface area contributed by atoms with Crippen LogP contribution in [0.3, 0.4) is 0 Å². The van der Waals surface area contributed by atoms with Gasteiger partial charge in [0.2, 0.25) is 0 Å². The van der Waals surface area contributed by atoms with Gasteiger partial charge >= 0.3 is 0 Å². The largest absolute Gasteiger partial charge is 0.382 e. The van der Waals surface area contributed by atoms with Crippen molar-refractivity contribution < 1.29 is 4.74 Å². The summed E-state index contributed by atoms with van der Waals surface area (Å²) in [6.07, 6.45) is 1.78. The van der Waals surface area contributed by atoms with Crippen molar-refractivity contribution in [3.63, 3.8) is 0 Å². The van der Waals surface area contributed by atoms with Crippen LogP contribution in [0.25, 0.3) is 0 Å². The third-order valence-corrected chi connectivity index (χ3v) is 1.92. The molecule has 4 heteroatoms. The molecule has 0 fully saturated rings. The summed E-state index contributed by atoms with van der Waals surface area (Å²) in [4.78, 5) is 3.89. The van der Waals surface area contributed by atoms with E-state index in [0.29, 0.717) is 12.3 Å². The SMILES string of the molecule is CCOC(C)CNc1ccnc(C#N)c1. The Hall–Kier alpha value is -1.60. The maximum Gasteiger partial charge on any atom is 0.142 e. The molecule has 80 valence electrons. The summed E-state index contributed by atoms with van der Waals surface area (Å²) in [5.41, 5.74) is 1.32. The molecule has 1 rings (SSSR count). The predicted molar refractivity (Wildman–Crippen MR) is 58.5 cm³/mol. The molecule has 1 aromatic heterocycles. The van der Waals surface area contributed by atoms with E-state index >= 15 is 0 Å². The Morgan fingerprint density at radius 1 is 1.67 bits per heavy atom. The maximum atomic E-state index is 8.66. The molecule has 0 saturated carbocycles. The minimum atomic E-state index is 0.161. The molecule has 1 N–H and O–H groups in total. The number of aromatic nitrogens is 1. The Morgan fingerprint density at radius 3 is 3.13 bits per heavy atom. The Labute approximate surface area is 89.9 Å². The zero-order valence-electron chi connectivity index (χ0n) is 9.03. The van der Waals surface area contributed by atoms with E-state index in [1.54, 1.807) is 12.3 Å². The molecule has 0 amide bonds. The molecule has 0 aliphatic carbocycles. The summed E-state index contributed by atoms with van der Waals surface area (Å²) in [6, 6.07) is 5.55. The summed E-state index contributed by atoms with van der Waals surface area (Å²) >= 11 is 0. The van der Waals surface area contributed by atoms with Crippen molar-refractivity contribution in [2.45, 2.75) is 20.0 Å². The van der Waals surface area contributed by atoms with Crippen molar-refractivity contribution in [3.05, 3.63) is 24.0 Å². The number of nitrogens with zero attached hydrogens (tertiary/aromatic N) is 2. The standard InChI is InChI=1S/C11H15N3O/c1-3-15-9(2)8-14-10-4-5-13-11(6-10)7-12/h4-6,9H,3,8H2,1-2H3,(H,13,14). The number of hydrogen-bond acceptors (Lipinski definition) is 4. The van der Waals surface area contributed by atoms with Crippen molar-refractivity contribution >= 4 is 5.69 Å². The number of ether oxygens (including phenoxy) is 1. The molecule has 1 unspecified atom stereocenters. The smallest absolute Gasteiger partial charge is 0.142 e. The van der Waals surface area contributed by atoms with Gasteiger partial charge in [-0.3, -0.25) is 0 Å². The summed E-state index contributed by atoms with van der Waals surface area (Å²) < 4.78 is 5.38. The van der Waals surface area contributed by atoms with Gasteiger partial charge in [0.25, 0.3) is 0 Å². The lowest BCUT2D eigenvalue weighted by Crippen LogP contribution is -2.19. The first-order chi connectivity index (χ1) is 7.26. The van der Waals surface area contributed by atoms with Crippen LogP contribution in [0.1, 0.15) is 19.5 Å².